The summed E-state index contributed by atoms with van der Waals surface area (Å²) in [6.07, 6.45) is 0.619. The SMILES string of the molecule is COc1ccc(C(=O)CCC(=O)NCCCC(=O)O)cc1. The summed E-state index contributed by atoms with van der Waals surface area (Å²) in [7, 11) is 1.55. The predicted molar refractivity (Wildman–Crippen MR) is 76.4 cm³/mol. The number of hydrogen-bond acceptors (Lipinski definition) is 4. The van der Waals surface area contributed by atoms with Crippen molar-refractivity contribution in [2.24, 2.45) is 0 Å². The number of amides is 1. The van der Waals surface area contributed by atoms with Gasteiger partial charge in [0.25, 0.3) is 0 Å². The van der Waals surface area contributed by atoms with Gasteiger partial charge in [-0.25, -0.2) is 0 Å². The van der Waals surface area contributed by atoms with E-state index in [-0.39, 0.29) is 31.0 Å². The van der Waals surface area contributed by atoms with Gasteiger partial charge < -0.3 is 15.2 Å². The van der Waals surface area contributed by atoms with Gasteiger partial charge in [-0.3, -0.25) is 14.4 Å². The van der Waals surface area contributed by atoms with Gasteiger partial charge in [-0.05, 0) is 30.7 Å². The molecule has 1 aromatic carbocycles. The number of ketones is 1. The molecule has 0 aliphatic carbocycles. The Labute approximate surface area is 123 Å². The topological polar surface area (TPSA) is 92.7 Å². The Hall–Kier alpha value is -2.37. The molecule has 0 atom stereocenters. The lowest BCUT2D eigenvalue weighted by Crippen LogP contribution is -2.25. The van der Waals surface area contributed by atoms with Gasteiger partial charge in [0.15, 0.2) is 5.78 Å². The van der Waals surface area contributed by atoms with Crippen molar-refractivity contribution in [1.82, 2.24) is 5.32 Å². The summed E-state index contributed by atoms with van der Waals surface area (Å²) in [5.41, 5.74) is 0.537. The monoisotopic (exact) mass is 293 g/mol. The van der Waals surface area contributed by atoms with Crippen molar-refractivity contribution >= 4 is 17.7 Å². The normalized spacial score (nSPS) is 9.95. The summed E-state index contributed by atoms with van der Waals surface area (Å²) >= 11 is 0. The van der Waals surface area contributed by atoms with Gasteiger partial charge in [-0.1, -0.05) is 0 Å². The largest absolute Gasteiger partial charge is 0.497 e. The molecule has 0 saturated carbocycles. The molecule has 21 heavy (non-hydrogen) atoms. The molecule has 0 aliphatic rings. The minimum Gasteiger partial charge on any atom is -0.497 e. The minimum absolute atomic E-state index is 0.0189. The highest BCUT2D eigenvalue weighted by molar-refractivity contribution is 5.98. The number of hydrogen-bond donors (Lipinski definition) is 2. The van der Waals surface area contributed by atoms with Crippen LogP contribution in [0, 0.1) is 0 Å². The number of ether oxygens (including phenoxy) is 1. The van der Waals surface area contributed by atoms with E-state index < -0.39 is 5.97 Å². The van der Waals surface area contributed by atoms with Crippen molar-refractivity contribution in [2.45, 2.75) is 25.7 Å². The van der Waals surface area contributed by atoms with Crippen LogP contribution in [-0.2, 0) is 9.59 Å². The van der Waals surface area contributed by atoms with Crippen LogP contribution in [0.4, 0.5) is 0 Å². The van der Waals surface area contributed by atoms with Gasteiger partial charge in [0.2, 0.25) is 5.91 Å². The molecular weight excluding hydrogens is 274 g/mol. The first-order chi connectivity index (χ1) is 10.0. The molecule has 2 N–H and O–H groups in total. The average molecular weight is 293 g/mol. The molecule has 1 aromatic rings. The number of aliphatic carboxylic acids is 1. The van der Waals surface area contributed by atoms with E-state index in [1.807, 2.05) is 0 Å². The van der Waals surface area contributed by atoms with Gasteiger partial charge in [0.05, 0.1) is 7.11 Å². The molecule has 0 aliphatic heterocycles. The molecule has 6 heteroatoms. The van der Waals surface area contributed by atoms with E-state index in [4.69, 9.17) is 9.84 Å². The zero-order valence-corrected chi connectivity index (χ0v) is 11.9. The van der Waals surface area contributed by atoms with E-state index in [9.17, 15) is 14.4 Å². The van der Waals surface area contributed by atoms with Crippen molar-refractivity contribution in [3.63, 3.8) is 0 Å². The van der Waals surface area contributed by atoms with Crippen LogP contribution in [0.2, 0.25) is 0 Å². The van der Waals surface area contributed by atoms with Crippen LogP contribution in [0.1, 0.15) is 36.0 Å². The lowest BCUT2D eigenvalue weighted by molar-refractivity contribution is -0.137. The fraction of sp³-hybridized carbons (Fsp3) is 0.400. The Morgan fingerprint density at radius 3 is 2.33 bits per heavy atom. The second kappa shape index (κ2) is 8.73. The summed E-state index contributed by atoms with van der Waals surface area (Å²) in [5.74, 6) is -0.581. The van der Waals surface area contributed by atoms with Gasteiger partial charge in [0, 0.05) is 31.4 Å². The Morgan fingerprint density at radius 2 is 1.76 bits per heavy atom. The summed E-state index contributed by atoms with van der Waals surface area (Å²) in [5, 5.41) is 11.0. The molecule has 6 nitrogen and oxygen atoms in total. The Balaban J connectivity index is 2.28. The zero-order valence-electron chi connectivity index (χ0n) is 11.9. The first-order valence-corrected chi connectivity index (χ1v) is 6.68. The molecular formula is C15H19NO5. The predicted octanol–water partition coefficient (Wildman–Crippen LogP) is 1.64. The van der Waals surface area contributed by atoms with Crippen LogP contribution in [0.15, 0.2) is 24.3 Å². The third-order valence-corrected chi connectivity index (χ3v) is 2.88. The van der Waals surface area contributed by atoms with E-state index in [0.29, 0.717) is 24.3 Å². The van der Waals surface area contributed by atoms with Gasteiger partial charge in [-0.15, -0.1) is 0 Å². The standard InChI is InChI=1S/C15H19NO5/c1-21-12-6-4-11(5-7-12)13(17)8-9-14(18)16-10-2-3-15(19)20/h4-7H,2-3,8-10H2,1H3,(H,16,18)(H,19,20). The molecule has 0 spiro atoms. The fourth-order valence-electron chi connectivity index (χ4n) is 1.70. The number of carboxylic acids is 1. The summed E-state index contributed by atoms with van der Waals surface area (Å²) in [4.78, 5) is 33.7. The van der Waals surface area contributed by atoms with E-state index in [2.05, 4.69) is 5.32 Å². The van der Waals surface area contributed by atoms with E-state index >= 15 is 0 Å². The summed E-state index contributed by atoms with van der Waals surface area (Å²) in [6, 6.07) is 6.70. The number of carbonyl (C=O) groups excluding carboxylic acids is 2. The maximum absolute atomic E-state index is 11.9. The molecule has 0 heterocycles. The number of methoxy groups -OCH3 is 1. The Bertz CT molecular complexity index is 495. The minimum atomic E-state index is -0.890. The van der Waals surface area contributed by atoms with E-state index in [0.717, 1.165) is 0 Å². The molecule has 114 valence electrons. The average Bonchev–Trinajstić information content (AvgIpc) is 2.49. The maximum atomic E-state index is 11.9. The highest BCUT2D eigenvalue weighted by atomic mass is 16.5. The second-order valence-electron chi connectivity index (χ2n) is 4.50. The molecule has 0 unspecified atom stereocenters. The maximum Gasteiger partial charge on any atom is 0.303 e. The van der Waals surface area contributed by atoms with Crippen LogP contribution >= 0.6 is 0 Å². The summed E-state index contributed by atoms with van der Waals surface area (Å²) in [6.45, 7) is 0.307. The third kappa shape index (κ3) is 6.56. The van der Waals surface area contributed by atoms with Crippen molar-refractivity contribution in [3.05, 3.63) is 29.8 Å². The lowest BCUT2D eigenvalue weighted by Gasteiger charge is -2.05. The van der Waals surface area contributed by atoms with Crippen LogP contribution in [0.3, 0.4) is 0 Å². The van der Waals surface area contributed by atoms with Crippen LogP contribution in [0.5, 0.6) is 5.75 Å². The van der Waals surface area contributed by atoms with Gasteiger partial charge >= 0.3 is 5.97 Å². The van der Waals surface area contributed by atoms with Crippen molar-refractivity contribution in [2.75, 3.05) is 13.7 Å². The van der Waals surface area contributed by atoms with Crippen molar-refractivity contribution < 1.29 is 24.2 Å². The second-order valence-corrected chi connectivity index (χ2v) is 4.50. The molecule has 0 bridgehead atoms. The molecule has 1 amide bonds. The van der Waals surface area contributed by atoms with Gasteiger partial charge in [0.1, 0.15) is 5.75 Å². The van der Waals surface area contributed by atoms with Crippen molar-refractivity contribution in [3.8, 4) is 5.75 Å². The molecule has 0 fully saturated rings. The highest BCUT2D eigenvalue weighted by Gasteiger charge is 2.09. The van der Waals surface area contributed by atoms with Crippen LogP contribution in [0.25, 0.3) is 0 Å². The van der Waals surface area contributed by atoms with Crippen LogP contribution in [-0.4, -0.2) is 36.4 Å². The number of benzene rings is 1. The number of carboxylic acid groups (broad SMARTS) is 1. The van der Waals surface area contributed by atoms with E-state index in [1.165, 1.54) is 0 Å². The number of Topliss-reactive ketones (excluding diaryl/α,β-unsaturated/α-hetero) is 1. The quantitative estimate of drug-likeness (QED) is 0.533. The van der Waals surface area contributed by atoms with Crippen molar-refractivity contribution in [1.29, 1.82) is 0 Å². The molecule has 0 radical (unpaired) electrons. The lowest BCUT2D eigenvalue weighted by atomic mass is 10.1. The Kier molecular flexibility index (Phi) is 6.94. The van der Waals surface area contributed by atoms with Crippen LogP contribution < -0.4 is 10.1 Å². The Morgan fingerprint density at radius 1 is 1.10 bits per heavy atom. The highest BCUT2D eigenvalue weighted by Crippen LogP contribution is 2.13. The van der Waals surface area contributed by atoms with Gasteiger partial charge in [-0.2, -0.15) is 0 Å². The first-order valence-electron chi connectivity index (χ1n) is 6.68. The summed E-state index contributed by atoms with van der Waals surface area (Å²) < 4.78 is 5.00. The number of carbonyl (C=O) groups is 3. The fourth-order valence-corrected chi connectivity index (χ4v) is 1.70. The van der Waals surface area contributed by atoms with E-state index in [1.54, 1.807) is 31.4 Å². The number of rotatable bonds is 9. The zero-order chi connectivity index (χ0) is 15.7. The molecule has 0 saturated heterocycles. The first kappa shape index (κ1) is 16.7. The molecule has 0 aromatic heterocycles. The third-order valence-electron chi connectivity index (χ3n) is 2.88. The molecule has 1 rings (SSSR count). The smallest absolute Gasteiger partial charge is 0.303 e. The number of nitrogens with one attached hydrogen (secondary N) is 1.